The molecule has 0 saturated carbocycles. The van der Waals surface area contributed by atoms with Gasteiger partial charge in [-0.05, 0) is 37.7 Å². The summed E-state index contributed by atoms with van der Waals surface area (Å²) in [5, 5.41) is 1.30. The maximum Gasteiger partial charge on any atom is 0.262 e. The molecule has 2 aromatic rings. The Bertz CT molecular complexity index is 931. The summed E-state index contributed by atoms with van der Waals surface area (Å²) in [7, 11) is 1.70. The number of hydrogen-bond donors (Lipinski definition) is 0. The molecule has 0 aromatic carbocycles. The molecule has 8 heteroatoms. The molecule has 132 valence electrons. The van der Waals surface area contributed by atoms with Crippen LogP contribution in [0.2, 0.25) is 0 Å². The summed E-state index contributed by atoms with van der Waals surface area (Å²) in [6.07, 6.45) is 5.45. The first-order valence-electron chi connectivity index (χ1n) is 8.53. The fourth-order valence-corrected chi connectivity index (χ4v) is 5.66. The van der Waals surface area contributed by atoms with E-state index in [0.717, 1.165) is 35.9 Å². The molecule has 0 N–H and O–H groups in total. The SMILES string of the molecule is Cn1c(SCC(=O)N2CCCC2=O)nc2sc3c(c2c1=O)CCCC3. The van der Waals surface area contributed by atoms with Crippen LogP contribution >= 0.6 is 23.1 Å². The standard InChI is InChI=1S/C17H19N3O3S2/c1-19-16(23)14-10-5-2-3-6-11(10)25-15(14)18-17(19)24-9-13(22)20-8-4-7-12(20)21/h2-9H2,1H3. The van der Waals surface area contributed by atoms with Gasteiger partial charge in [0.2, 0.25) is 11.8 Å². The van der Waals surface area contributed by atoms with Gasteiger partial charge >= 0.3 is 0 Å². The number of aromatic nitrogens is 2. The van der Waals surface area contributed by atoms with E-state index >= 15 is 0 Å². The minimum atomic E-state index is -0.202. The Morgan fingerprint density at radius 1 is 1.20 bits per heavy atom. The summed E-state index contributed by atoms with van der Waals surface area (Å²) < 4.78 is 1.54. The number of carbonyl (C=O) groups excluding carboxylic acids is 2. The van der Waals surface area contributed by atoms with Gasteiger partial charge in [-0.3, -0.25) is 23.9 Å². The number of aryl methyl sites for hydroxylation is 2. The van der Waals surface area contributed by atoms with Crippen LogP contribution in [-0.2, 0) is 29.5 Å². The highest BCUT2D eigenvalue weighted by molar-refractivity contribution is 7.99. The molecule has 1 fully saturated rings. The van der Waals surface area contributed by atoms with Gasteiger partial charge in [-0.25, -0.2) is 4.98 Å². The highest BCUT2D eigenvalue weighted by Crippen LogP contribution is 2.34. The van der Waals surface area contributed by atoms with Gasteiger partial charge in [0.15, 0.2) is 5.16 Å². The number of fused-ring (bicyclic) bond motifs is 3. The summed E-state index contributed by atoms with van der Waals surface area (Å²) in [5.41, 5.74) is 1.14. The van der Waals surface area contributed by atoms with Gasteiger partial charge in [-0.1, -0.05) is 11.8 Å². The molecule has 0 bridgehead atoms. The number of likely N-dealkylation sites (tertiary alicyclic amines) is 1. The minimum absolute atomic E-state index is 0.0309. The molecule has 0 radical (unpaired) electrons. The summed E-state index contributed by atoms with van der Waals surface area (Å²) in [6.45, 7) is 0.501. The predicted molar refractivity (Wildman–Crippen MR) is 98.2 cm³/mol. The van der Waals surface area contributed by atoms with Crippen LogP contribution in [0.25, 0.3) is 10.2 Å². The van der Waals surface area contributed by atoms with Crippen molar-refractivity contribution in [2.75, 3.05) is 12.3 Å². The van der Waals surface area contributed by atoms with Crippen LogP contribution < -0.4 is 5.56 Å². The van der Waals surface area contributed by atoms with Crippen molar-refractivity contribution in [1.82, 2.24) is 14.5 Å². The zero-order chi connectivity index (χ0) is 17.6. The van der Waals surface area contributed by atoms with Crippen LogP contribution in [0.3, 0.4) is 0 Å². The van der Waals surface area contributed by atoms with Crippen LogP contribution in [-0.4, -0.2) is 38.6 Å². The van der Waals surface area contributed by atoms with E-state index < -0.39 is 0 Å². The Kier molecular flexibility index (Phi) is 4.41. The first kappa shape index (κ1) is 16.8. The van der Waals surface area contributed by atoms with Crippen molar-refractivity contribution in [3.05, 3.63) is 20.8 Å². The third-order valence-corrected chi connectivity index (χ3v) is 7.05. The molecule has 2 amide bonds. The smallest absolute Gasteiger partial charge is 0.262 e. The summed E-state index contributed by atoms with van der Waals surface area (Å²) in [4.78, 5) is 44.7. The normalized spacial score (nSPS) is 17.3. The maximum absolute atomic E-state index is 12.8. The van der Waals surface area contributed by atoms with Gasteiger partial charge in [-0.2, -0.15) is 0 Å². The van der Waals surface area contributed by atoms with Crippen LogP contribution in [0, 0.1) is 0 Å². The highest BCUT2D eigenvalue weighted by atomic mass is 32.2. The van der Waals surface area contributed by atoms with Gasteiger partial charge in [0.25, 0.3) is 5.56 Å². The molecule has 2 aromatic heterocycles. The lowest BCUT2D eigenvalue weighted by Crippen LogP contribution is -2.33. The third kappa shape index (κ3) is 2.91. The molecule has 4 rings (SSSR count). The van der Waals surface area contributed by atoms with Gasteiger partial charge in [0.1, 0.15) is 4.83 Å². The van der Waals surface area contributed by atoms with E-state index in [0.29, 0.717) is 18.1 Å². The zero-order valence-electron chi connectivity index (χ0n) is 14.0. The van der Waals surface area contributed by atoms with Gasteiger partial charge in [0, 0.05) is 24.9 Å². The fourth-order valence-electron chi connectivity index (χ4n) is 3.51. The summed E-state index contributed by atoms with van der Waals surface area (Å²) in [6, 6.07) is 0. The Balaban J connectivity index is 1.62. The van der Waals surface area contributed by atoms with Crippen molar-refractivity contribution in [2.45, 2.75) is 43.7 Å². The Morgan fingerprint density at radius 3 is 2.76 bits per heavy atom. The van der Waals surface area contributed by atoms with Crippen molar-refractivity contribution in [3.63, 3.8) is 0 Å². The number of thioether (sulfide) groups is 1. The number of imide groups is 1. The Hall–Kier alpha value is -1.67. The topological polar surface area (TPSA) is 72.3 Å². The summed E-state index contributed by atoms with van der Waals surface area (Å²) >= 11 is 2.84. The van der Waals surface area contributed by atoms with Gasteiger partial charge < -0.3 is 0 Å². The van der Waals surface area contributed by atoms with Crippen LogP contribution in [0.15, 0.2) is 9.95 Å². The first-order chi connectivity index (χ1) is 12.1. The largest absolute Gasteiger partial charge is 0.290 e. The molecule has 1 aliphatic carbocycles. The first-order valence-corrected chi connectivity index (χ1v) is 10.3. The quantitative estimate of drug-likeness (QED) is 0.605. The monoisotopic (exact) mass is 377 g/mol. The zero-order valence-corrected chi connectivity index (χ0v) is 15.7. The third-order valence-electron chi connectivity index (χ3n) is 4.85. The lowest BCUT2D eigenvalue weighted by Gasteiger charge is -2.13. The van der Waals surface area contributed by atoms with Crippen molar-refractivity contribution in [2.24, 2.45) is 7.05 Å². The molecule has 3 heterocycles. The molecular formula is C17H19N3O3S2. The molecule has 0 unspecified atom stereocenters. The highest BCUT2D eigenvalue weighted by Gasteiger charge is 2.27. The summed E-state index contributed by atoms with van der Waals surface area (Å²) in [5.74, 6) is -0.177. The van der Waals surface area contributed by atoms with E-state index in [4.69, 9.17) is 0 Å². The van der Waals surface area contributed by atoms with E-state index in [1.54, 1.807) is 18.4 Å². The Labute approximate surface area is 153 Å². The fraction of sp³-hybridized carbons (Fsp3) is 0.529. The van der Waals surface area contributed by atoms with Crippen LogP contribution in [0.4, 0.5) is 0 Å². The van der Waals surface area contributed by atoms with E-state index in [9.17, 15) is 14.4 Å². The molecule has 0 spiro atoms. The molecule has 1 aliphatic heterocycles. The van der Waals surface area contributed by atoms with Crippen molar-refractivity contribution in [1.29, 1.82) is 0 Å². The minimum Gasteiger partial charge on any atom is -0.290 e. The number of carbonyl (C=O) groups is 2. The second-order valence-corrected chi connectivity index (χ2v) is 8.51. The van der Waals surface area contributed by atoms with Crippen molar-refractivity contribution in [3.8, 4) is 0 Å². The Morgan fingerprint density at radius 2 is 2.00 bits per heavy atom. The lowest BCUT2D eigenvalue weighted by atomic mass is 9.97. The molecule has 0 atom stereocenters. The molecule has 2 aliphatic rings. The molecule has 6 nitrogen and oxygen atoms in total. The van der Waals surface area contributed by atoms with E-state index in [2.05, 4.69) is 4.98 Å². The van der Waals surface area contributed by atoms with Gasteiger partial charge in [0.05, 0.1) is 11.1 Å². The maximum atomic E-state index is 12.8. The second kappa shape index (κ2) is 6.57. The van der Waals surface area contributed by atoms with Crippen LogP contribution in [0.5, 0.6) is 0 Å². The van der Waals surface area contributed by atoms with Crippen LogP contribution in [0.1, 0.15) is 36.1 Å². The number of nitrogens with zero attached hydrogens (tertiary/aromatic N) is 3. The van der Waals surface area contributed by atoms with E-state index in [1.807, 2.05) is 0 Å². The van der Waals surface area contributed by atoms with E-state index in [-0.39, 0.29) is 23.1 Å². The van der Waals surface area contributed by atoms with Crippen molar-refractivity contribution < 1.29 is 9.59 Å². The average molecular weight is 377 g/mol. The van der Waals surface area contributed by atoms with Gasteiger partial charge in [-0.15, -0.1) is 11.3 Å². The number of amides is 2. The van der Waals surface area contributed by atoms with Crippen molar-refractivity contribution >= 4 is 45.1 Å². The lowest BCUT2D eigenvalue weighted by molar-refractivity contribution is -0.140. The predicted octanol–water partition coefficient (Wildman–Crippen LogP) is 2.11. The number of hydrogen-bond acceptors (Lipinski definition) is 6. The second-order valence-electron chi connectivity index (χ2n) is 6.48. The number of thiophene rings is 1. The number of rotatable bonds is 3. The molecule has 1 saturated heterocycles. The van der Waals surface area contributed by atoms with E-state index in [1.165, 1.54) is 38.1 Å². The molecular weight excluding hydrogens is 358 g/mol. The molecule has 25 heavy (non-hydrogen) atoms. The average Bonchev–Trinajstić information content (AvgIpc) is 3.19.